The number of nitrogens with one attached hydrogen (secondary N) is 1. The van der Waals surface area contributed by atoms with E-state index in [9.17, 15) is 5.11 Å². The van der Waals surface area contributed by atoms with Crippen molar-refractivity contribution in [1.82, 2.24) is 9.97 Å². The second-order valence-corrected chi connectivity index (χ2v) is 5.97. The van der Waals surface area contributed by atoms with Gasteiger partial charge in [-0.2, -0.15) is 0 Å². The smallest absolute Gasteiger partial charge is 0.222 e. The number of aliphatic hydroxyl groups is 1. The summed E-state index contributed by atoms with van der Waals surface area (Å²) in [7, 11) is 0. The minimum absolute atomic E-state index is 0.108. The average molecular weight is 261 g/mol. The van der Waals surface area contributed by atoms with Crippen molar-refractivity contribution in [3.8, 4) is 0 Å². The zero-order chi connectivity index (χ0) is 13.1. The van der Waals surface area contributed by atoms with Crippen molar-refractivity contribution >= 4 is 5.95 Å². The predicted octanol–water partition coefficient (Wildman–Crippen LogP) is 2.85. The predicted molar refractivity (Wildman–Crippen MR) is 75.1 cm³/mol. The van der Waals surface area contributed by atoms with Gasteiger partial charge in [0.1, 0.15) is 0 Å². The van der Waals surface area contributed by atoms with E-state index in [0.717, 1.165) is 31.6 Å². The molecule has 1 heterocycles. The zero-order valence-electron chi connectivity index (χ0n) is 11.4. The molecule has 0 atom stereocenters. The van der Waals surface area contributed by atoms with E-state index in [0.29, 0.717) is 12.0 Å². The van der Waals surface area contributed by atoms with Gasteiger partial charge in [-0.1, -0.05) is 12.8 Å². The van der Waals surface area contributed by atoms with Crippen LogP contribution in [0.1, 0.15) is 62.8 Å². The van der Waals surface area contributed by atoms with E-state index >= 15 is 0 Å². The third-order valence-electron chi connectivity index (χ3n) is 4.53. The maximum absolute atomic E-state index is 9.49. The van der Waals surface area contributed by atoms with E-state index in [1.807, 2.05) is 12.4 Å². The minimum atomic E-state index is -0.108. The van der Waals surface area contributed by atoms with Crippen LogP contribution in [0, 0.1) is 0 Å². The molecule has 4 nitrogen and oxygen atoms in total. The summed E-state index contributed by atoms with van der Waals surface area (Å²) in [6.45, 7) is 0. The fraction of sp³-hybridized carbons (Fsp3) is 0.733. The standard InChI is InChI=1S/C15H23N3O/c19-14-7-5-13(6-8-14)18-15-16-9-12(10-17-15)11-3-1-2-4-11/h9-11,13-14,19H,1-8H2,(H,16,17,18). The molecule has 0 unspecified atom stereocenters. The van der Waals surface area contributed by atoms with Crippen LogP contribution in [0.4, 0.5) is 5.95 Å². The lowest BCUT2D eigenvalue weighted by Crippen LogP contribution is -2.28. The molecule has 2 saturated carbocycles. The number of rotatable bonds is 3. The topological polar surface area (TPSA) is 58.0 Å². The molecule has 0 saturated heterocycles. The monoisotopic (exact) mass is 261 g/mol. The molecule has 1 aromatic heterocycles. The number of hydrogen-bond acceptors (Lipinski definition) is 4. The quantitative estimate of drug-likeness (QED) is 0.878. The molecule has 2 fully saturated rings. The molecule has 0 aromatic carbocycles. The molecule has 4 heteroatoms. The Morgan fingerprint density at radius 1 is 0.947 bits per heavy atom. The lowest BCUT2D eigenvalue weighted by molar-refractivity contribution is 0.126. The summed E-state index contributed by atoms with van der Waals surface area (Å²) < 4.78 is 0. The second kappa shape index (κ2) is 5.87. The Kier molecular flexibility index (Phi) is 3.97. The summed E-state index contributed by atoms with van der Waals surface area (Å²) in [6.07, 6.45) is 12.9. The molecular formula is C15H23N3O. The fourth-order valence-electron chi connectivity index (χ4n) is 3.29. The van der Waals surface area contributed by atoms with Crippen LogP contribution in [0.5, 0.6) is 0 Å². The summed E-state index contributed by atoms with van der Waals surface area (Å²) >= 11 is 0. The van der Waals surface area contributed by atoms with Crippen molar-refractivity contribution in [2.45, 2.75) is 69.4 Å². The third-order valence-corrected chi connectivity index (χ3v) is 4.53. The van der Waals surface area contributed by atoms with Crippen molar-refractivity contribution in [2.24, 2.45) is 0 Å². The number of anilines is 1. The van der Waals surface area contributed by atoms with Crippen LogP contribution in [0.25, 0.3) is 0 Å². The van der Waals surface area contributed by atoms with E-state index in [-0.39, 0.29) is 6.10 Å². The molecule has 0 aliphatic heterocycles. The van der Waals surface area contributed by atoms with Crippen LogP contribution >= 0.6 is 0 Å². The van der Waals surface area contributed by atoms with Crippen molar-refractivity contribution < 1.29 is 5.11 Å². The molecule has 0 amide bonds. The van der Waals surface area contributed by atoms with Crippen LogP contribution < -0.4 is 5.32 Å². The van der Waals surface area contributed by atoms with Crippen LogP contribution in [-0.4, -0.2) is 27.2 Å². The van der Waals surface area contributed by atoms with Crippen molar-refractivity contribution in [3.63, 3.8) is 0 Å². The first-order valence-electron chi connectivity index (χ1n) is 7.58. The van der Waals surface area contributed by atoms with Gasteiger partial charge in [0, 0.05) is 18.4 Å². The van der Waals surface area contributed by atoms with Gasteiger partial charge in [-0.25, -0.2) is 9.97 Å². The van der Waals surface area contributed by atoms with Crippen molar-refractivity contribution in [3.05, 3.63) is 18.0 Å². The zero-order valence-corrected chi connectivity index (χ0v) is 11.4. The summed E-state index contributed by atoms with van der Waals surface area (Å²) in [4.78, 5) is 8.90. The highest BCUT2D eigenvalue weighted by Gasteiger charge is 2.20. The molecule has 3 rings (SSSR count). The van der Waals surface area contributed by atoms with Gasteiger partial charge in [0.15, 0.2) is 0 Å². The van der Waals surface area contributed by atoms with Gasteiger partial charge >= 0.3 is 0 Å². The van der Waals surface area contributed by atoms with Crippen molar-refractivity contribution in [2.75, 3.05) is 5.32 Å². The van der Waals surface area contributed by atoms with Gasteiger partial charge in [0.2, 0.25) is 5.95 Å². The van der Waals surface area contributed by atoms with E-state index in [2.05, 4.69) is 15.3 Å². The molecule has 104 valence electrons. The Bertz CT molecular complexity index is 392. The molecule has 2 aliphatic rings. The second-order valence-electron chi connectivity index (χ2n) is 5.97. The maximum Gasteiger partial charge on any atom is 0.222 e. The summed E-state index contributed by atoms with van der Waals surface area (Å²) in [5.74, 6) is 1.42. The molecule has 0 spiro atoms. The first-order valence-corrected chi connectivity index (χ1v) is 7.58. The molecule has 2 N–H and O–H groups in total. The highest BCUT2D eigenvalue weighted by atomic mass is 16.3. The largest absolute Gasteiger partial charge is 0.393 e. The molecular weight excluding hydrogens is 238 g/mol. The molecule has 0 radical (unpaired) electrons. The Balaban J connectivity index is 1.56. The maximum atomic E-state index is 9.49. The average Bonchev–Trinajstić information content (AvgIpc) is 2.96. The van der Waals surface area contributed by atoms with Gasteiger partial charge in [0.25, 0.3) is 0 Å². The Labute approximate surface area is 114 Å². The highest BCUT2D eigenvalue weighted by molar-refractivity contribution is 5.28. The van der Waals surface area contributed by atoms with E-state index < -0.39 is 0 Å². The van der Waals surface area contributed by atoms with Crippen LogP contribution in [0.2, 0.25) is 0 Å². The molecule has 19 heavy (non-hydrogen) atoms. The first kappa shape index (κ1) is 12.9. The third kappa shape index (κ3) is 3.24. The van der Waals surface area contributed by atoms with Gasteiger partial charge in [-0.05, 0) is 50.0 Å². The SMILES string of the molecule is OC1CCC(Nc2ncc(C3CCCC3)cn2)CC1. The van der Waals surface area contributed by atoms with Crippen LogP contribution in [-0.2, 0) is 0 Å². The fourth-order valence-corrected chi connectivity index (χ4v) is 3.29. The minimum Gasteiger partial charge on any atom is -0.393 e. The summed E-state index contributed by atoms with van der Waals surface area (Å²) in [5, 5.41) is 12.9. The van der Waals surface area contributed by atoms with Crippen molar-refractivity contribution in [1.29, 1.82) is 0 Å². The molecule has 1 aromatic rings. The summed E-state index contributed by atoms with van der Waals surface area (Å²) in [5.41, 5.74) is 1.29. The van der Waals surface area contributed by atoms with Gasteiger partial charge in [0.05, 0.1) is 6.10 Å². The number of aliphatic hydroxyl groups excluding tert-OH is 1. The van der Waals surface area contributed by atoms with Gasteiger partial charge < -0.3 is 10.4 Å². The van der Waals surface area contributed by atoms with Gasteiger partial charge in [-0.3, -0.25) is 0 Å². The van der Waals surface area contributed by atoms with E-state index in [1.54, 1.807) is 0 Å². The molecule has 2 aliphatic carbocycles. The number of aromatic nitrogens is 2. The number of hydrogen-bond donors (Lipinski definition) is 2. The first-order chi connectivity index (χ1) is 9.31. The van der Waals surface area contributed by atoms with E-state index in [4.69, 9.17) is 0 Å². The summed E-state index contributed by atoms with van der Waals surface area (Å²) in [6, 6.07) is 0.417. The number of nitrogens with zero attached hydrogens (tertiary/aromatic N) is 2. The molecule has 0 bridgehead atoms. The highest BCUT2D eigenvalue weighted by Crippen LogP contribution is 2.33. The Morgan fingerprint density at radius 2 is 1.58 bits per heavy atom. The Hall–Kier alpha value is -1.16. The Morgan fingerprint density at radius 3 is 2.21 bits per heavy atom. The lowest BCUT2D eigenvalue weighted by atomic mass is 9.93. The van der Waals surface area contributed by atoms with Gasteiger partial charge in [-0.15, -0.1) is 0 Å². The van der Waals surface area contributed by atoms with Crippen LogP contribution in [0.15, 0.2) is 12.4 Å². The normalized spacial score (nSPS) is 28.5. The van der Waals surface area contributed by atoms with E-state index in [1.165, 1.54) is 31.2 Å². The lowest BCUT2D eigenvalue weighted by Gasteiger charge is -2.26. The van der Waals surface area contributed by atoms with Crippen LogP contribution in [0.3, 0.4) is 0 Å².